The van der Waals surface area contributed by atoms with Gasteiger partial charge < -0.3 is 10.1 Å². The normalized spacial score (nSPS) is 14.4. The second kappa shape index (κ2) is 9.70. The second-order valence-corrected chi connectivity index (χ2v) is 8.94. The predicted molar refractivity (Wildman–Crippen MR) is 132 cm³/mol. The molecule has 1 aliphatic rings. The van der Waals surface area contributed by atoms with Crippen LogP contribution >= 0.6 is 11.3 Å². The lowest BCUT2D eigenvalue weighted by molar-refractivity contribution is 0.0383. The number of rotatable bonds is 6. The Hall–Kier alpha value is -3.26. The van der Waals surface area contributed by atoms with Crippen LogP contribution in [0, 0.1) is 0 Å². The van der Waals surface area contributed by atoms with Crippen LogP contribution in [-0.2, 0) is 4.74 Å². The van der Waals surface area contributed by atoms with Crippen molar-refractivity contribution in [1.29, 1.82) is 0 Å². The third kappa shape index (κ3) is 4.48. The van der Waals surface area contributed by atoms with E-state index in [4.69, 9.17) is 4.74 Å². The molecule has 1 saturated heterocycles. The number of fused-ring (bicyclic) bond motifs is 1. The van der Waals surface area contributed by atoms with E-state index in [9.17, 15) is 9.59 Å². The van der Waals surface area contributed by atoms with Gasteiger partial charge >= 0.3 is 0 Å². The van der Waals surface area contributed by atoms with Gasteiger partial charge in [0.05, 0.1) is 18.9 Å². The van der Waals surface area contributed by atoms with E-state index in [2.05, 4.69) is 10.2 Å². The third-order valence-electron chi connectivity index (χ3n) is 5.84. The molecule has 1 N–H and O–H groups in total. The van der Waals surface area contributed by atoms with Gasteiger partial charge in [-0.3, -0.25) is 19.1 Å². The quantitative estimate of drug-likeness (QED) is 0.477. The van der Waals surface area contributed by atoms with E-state index in [1.807, 2.05) is 66.7 Å². The van der Waals surface area contributed by atoms with Gasteiger partial charge in [-0.2, -0.15) is 0 Å². The number of amides is 1. The first-order valence-electron chi connectivity index (χ1n) is 11.1. The maximum absolute atomic E-state index is 13.4. The molecule has 0 radical (unpaired) electrons. The number of ether oxygens (including phenoxy) is 1. The maximum atomic E-state index is 13.4. The summed E-state index contributed by atoms with van der Waals surface area (Å²) in [7, 11) is 0. The Labute approximate surface area is 196 Å². The minimum absolute atomic E-state index is 0.115. The van der Waals surface area contributed by atoms with Crippen molar-refractivity contribution in [2.45, 2.75) is 0 Å². The van der Waals surface area contributed by atoms with Crippen molar-refractivity contribution < 1.29 is 9.53 Å². The molecule has 3 heterocycles. The molecule has 0 atom stereocenters. The van der Waals surface area contributed by atoms with E-state index >= 15 is 0 Å². The molecule has 6 nitrogen and oxygen atoms in total. The van der Waals surface area contributed by atoms with Crippen LogP contribution in [0.3, 0.4) is 0 Å². The molecule has 7 heteroatoms. The number of morpholine rings is 1. The molecule has 0 saturated carbocycles. The summed E-state index contributed by atoms with van der Waals surface area (Å²) < 4.78 is 7.09. The molecule has 0 spiro atoms. The van der Waals surface area contributed by atoms with Crippen molar-refractivity contribution in [2.75, 3.05) is 39.4 Å². The van der Waals surface area contributed by atoms with E-state index in [1.165, 1.54) is 11.3 Å². The highest BCUT2D eigenvalue weighted by Gasteiger charge is 2.22. The molecule has 0 aliphatic carbocycles. The van der Waals surface area contributed by atoms with Crippen LogP contribution in [0.25, 0.3) is 27.0 Å². The van der Waals surface area contributed by atoms with Gasteiger partial charge in [0.15, 0.2) is 0 Å². The van der Waals surface area contributed by atoms with E-state index in [-0.39, 0.29) is 11.5 Å². The largest absolute Gasteiger partial charge is 0.379 e. The van der Waals surface area contributed by atoms with Gasteiger partial charge in [-0.05, 0) is 23.8 Å². The van der Waals surface area contributed by atoms with E-state index in [0.29, 0.717) is 11.4 Å². The van der Waals surface area contributed by atoms with Crippen molar-refractivity contribution >= 4 is 27.5 Å². The van der Waals surface area contributed by atoms with Crippen molar-refractivity contribution in [3.05, 3.63) is 88.0 Å². The van der Waals surface area contributed by atoms with Crippen LogP contribution in [0.5, 0.6) is 0 Å². The molecule has 5 rings (SSSR count). The Morgan fingerprint density at radius 2 is 1.64 bits per heavy atom. The number of pyridine rings is 1. The lowest BCUT2D eigenvalue weighted by Gasteiger charge is -2.26. The van der Waals surface area contributed by atoms with Gasteiger partial charge in [-0.1, -0.05) is 48.5 Å². The summed E-state index contributed by atoms with van der Waals surface area (Å²) in [5.41, 5.74) is 2.49. The fraction of sp³-hybridized carbons (Fsp3) is 0.231. The monoisotopic (exact) mass is 459 g/mol. The van der Waals surface area contributed by atoms with Crippen LogP contribution in [0.2, 0.25) is 0 Å². The van der Waals surface area contributed by atoms with E-state index < -0.39 is 0 Å². The first kappa shape index (κ1) is 21.6. The Balaban J connectivity index is 1.55. The molecule has 1 aliphatic heterocycles. The Morgan fingerprint density at radius 3 is 2.36 bits per heavy atom. The number of thiophene rings is 1. The minimum Gasteiger partial charge on any atom is -0.379 e. The molecule has 4 aromatic rings. The molecule has 2 aromatic carbocycles. The predicted octanol–water partition coefficient (Wildman–Crippen LogP) is 3.78. The van der Waals surface area contributed by atoms with Crippen LogP contribution < -0.4 is 10.9 Å². The molecule has 1 amide bonds. The summed E-state index contributed by atoms with van der Waals surface area (Å²) in [5.74, 6) is -0.115. The highest BCUT2D eigenvalue weighted by Crippen LogP contribution is 2.38. The zero-order chi connectivity index (χ0) is 22.6. The first-order valence-corrected chi connectivity index (χ1v) is 11.9. The summed E-state index contributed by atoms with van der Waals surface area (Å²) in [6.45, 7) is 4.59. The van der Waals surface area contributed by atoms with E-state index in [0.717, 1.165) is 59.9 Å². The fourth-order valence-corrected chi connectivity index (χ4v) is 5.44. The van der Waals surface area contributed by atoms with Gasteiger partial charge in [0.25, 0.3) is 11.5 Å². The average molecular weight is 460 g/mol. The molecule has 33 heavy (non-hydrogen) atoms. The third-order valence-corrected chi connectivity index (χ3v) is 7.03. The number of benzene rings is 2. The highest BCUT2D eigenvalue weighted by atomic mass is 32.1. The topological polar surface area (TPSA) is 63.6 Å². The summed E-state index contributed by atoms with van der Waals surface area (Å²) in [6, 6.07) is 22.9. The van der Waals surface area contributed by atoms with Crippen molar-refractivity contribution in [3.8, 4) is 16.8 Å². The summed E-state index contributed by atoms with van der Waals surface area (Å²) in [5, 5.41) is 3.99. The summed E-state index contributed by atoms with van der Waals surface area (Å²) >= 11 is 1.37. The van der Waals surface area contributed by atoms with Crippen molar-refractivity contribution in [2.24, 2.45) is 0 Å². The lowest BCUT2D eigenvalue weighted by atomic mass is 10.0. The lowest BCUT2D eigenvalue weighted by Crippen LogP contribution is -2.41. The number of para-hydroxylation sites is 1. The van der Waals surface area contributed by atoms with Gasteiger partial charge in [-0.15, -0.1) is 11.3 Å². The molecule has 1 fully saturated rings. The summed E-state index contributed by atoms with van der Waals surface area (Å²) in [4.78, 5) is 29.9. The highest BCUT2D eigenvalue weighted by molar-refractivity contribution is 7.21. The molecule has 2 aromatic heterocycles. The molecular formula is C26H25N3O3S. The maximum Gasteiger partial charge on any atom is 0.262 e. The average Bonchev–Trinajstić information content (AvgIpc) is 3.25. The number of nitrogens with one attached hydrogen (secondary N) is 1. The smallest absolute Gasteiger partial charge is 0.262 e. The standard InChI is InChI=1S/C26H25N3O3S/c30-22-12-11-21-23(19-7-3-1-4-8-19)24(25(31)27-13-14-28-15-17-32-18-16-28)33-26(21)29(22)20-9-5-2-6-10-20/h1-12H,13-18H2,(H,27,31). The van der Waals surface area contributed by atoms with Crippen molar-refractivity contribution in [1.82, 2.24) is 14.8 Å². The van der Waals surface area contributed by atoms with Gasteiger partial charge in [0.1, 0.15) is 9.71 Å². The van der Waals surface area contributed by atoms with Gasteiger partial charge in [-0.25, -0.2) is 0 Å². The molecule has 168 valence electrons. The van der Waals surface area contributed by atoms with Crippen molar-refractivity contribution in [3.63, 3.8) is 0 Å². The zero-order valence-electron chi connectivity index (χ0n) is 18.2. The molecule has 0 unspecified atom stereocenters. The SMILES string of the molecule is O=C(NCCN1CCOCC1)c1sc2c(ccc(=O)n2-c2ccccc2)c1-c1ccccc1. The number of hydrogen-bond donors (Lipinski definition) is 1. The Kier molecular flexibility index (Phi) is 6.35. The minimum atomic E-state index is -0.117. The van der Waals surface area contributed by atoms with E-state index in [1.54, 1.807) is 10.6 Å². The fourth-order valence-electron chi connectivity index (χ4n) is 4.19. The number of nitrogens with zero attached hydrogens (tertiary/aromatic N) is 2. The van der Waals surface area contributed by atoms with Gasteiger partial charge in [0, 0.05) is 43.2 Å². The van der Waals surface area contributed by atoms with Crippen LogP contribution in [0.4, 0.5) is 0 Å². The Bertz CT molecular complexity index is 1310. The molecule has 0 bridgehead atoms. The number of hydrogen-bond acceptors (Lipinski definition) is 5. The number of aromatic nitrogens is 1. The number of carbonyl (C=O) groups excluding carboxylic acids is 1. The molecular weight excluding hydrogens is 434 g/mol. The second-order valence-electron chi connectivity index (χ2n) is 7.94. The zero-order valence-corrected chi connectivity index (χ0v) is 19.0. The van der Waals surface area contributed by atoms with Crippen LogP contribution in [0.15, 0.2) is 77.6 Å². The number of carbonyl (C=O) groups is 1. The van der Waals surface area contributed by atoms with Crippen LogP contribution in [0.1, 0.15) is 9.67 Å². The summed E-state index contributed by atoms with van der Waals surface area (Å²) in [6.07, 6.45) is 0. The van der Waals surface area contributed by atoms with Gasteiger partial charge in [0.2, 0.25) is 0 Å². The first-order chi connectivity index (χ1) is 16.2. The Morgan fingerprint density at radius 1 is 0.939 bits per heavy atom. The van der Waals surface area contributed by atoms with Crippen LogP contribution in [-0.4, -0.2) is 54.8 Å².